The van der Waals surface area contributed by atoms with E-state index < -0.39 is 10.0 Å². The average molecular weight is 359 g/mol. The Labute approximate surface area is 128 Å². The fraction of sp³-hybridized carbons (Fsp3) is 0.462. The van der Waals surface area contributed by atoms with Gasteiger partial charge in [-0.3, -0.25) is 0 Å². The highest BCUT2D eigenvalue weighted by Gasteiger charge is 2.29. The number of piperazine rings is 1. The number of nitrogens with zero attached hydrogens (tertiary/aromatic N) is 2. The highest BCUT2D eigenvalue weighted by Crippen LogP contribution is 2.18. The molecule has 0 unspecified atom stereocenters. The summed E-state index contributed by atoms with van der Waals surface area (Å²) in [7, 11) is -3.39. The first-order chi connectivity index (χ1) is 9.54. The molecule has 7 heteroatoms. The number of nitrogens with one attached hydrogen (secondary N) is 1. The minimum atomic E-state index is -3.39. The van der Waals surface area contributed by atoms with Gasteiger partial charge in [-0.25, -0.2) is 8.42 Å². The minimum Gasteiger partial charge on any atom is -0.332 e. The van der Waals surface area contributed by atoms with Crippen molar-refractivity contribution in [2.45, 2.75) is 11.3 Å². The lowest BCUT2D eigenvalue weighted by molar-refractivity contribution is -0.903. The van der Waals surface area contributed by atoms with E-state index in [9.17, 15) is 8.42 Å². The molecule has 1 aromatic carbocycles. The molecule has 108 valence electrons. The van der Waals surface area contributed by atoms with Gasteiger partial charge in [-0.15, -0.1) is 0 Å². The number of benzene rings is 1. The highest BCUT2D eigenvalue weighted by molar-refractivity contribution is 9.10. The molecule has 1 aromatic rings. The van der Waals surface area contributed by atoms with Crippen LogP contribution in [0.15, 0.2) is 33.6 Å². The fourth-order valence-electron chi connectivity index (χ4n) is 2.28. The van der Waals surface area contributed by atoms with Gasteiger partial charge in [-0.05, 0) is 24.3 Å². The van der Waals surface area contributed by atoms with E-state index in [0.717, 1.165) is 24.1 Å². The number of halogens is 1. The second-order valence-electron chi connectivity index (χ2n) is 4.77. The number of sulfonamides is 1. The van der Waals surface area contributed by atoms with Gasteiger partial charge in [-0.2, -0.15) is 9.57 Å². The second kappa shape index (κ2) is 6.68. The van der Waals surface area contributed by atoms with Crippen molar-refractivity contribution in [1.82, 2.24) is 4.31 Å². The van der Waals surface area contributed by atoms with Crippen molar-refractivity contribution in [2.24, 2.45) is 0 Å². The maximum Gasteiger partial charge on any atom is 0.243 e. The topological polar surface area (TPSA) is 65.6 Å². The summed E-state index contributed by atoms with van der Waals surface area (Å²) in [5, 5.41) is 8.58. The molecule has 2 rings (SSSR count). The molecule has 1 saturated heterocycles. The van der Waals surface area contributed by atoms with Crippen LogP contribution < -0.4 is 4.90 Å². The number of rotatable bonds is 4. The summed E-state index contributed by atoms with van der Waals surface area (Å²) >= 11 is 3.30. The van der Waals surface area contributed by atoms with E-state index in [-0.39, 0.29) is 0 Å². The lowest BCUT2D eigenvalue weighted by atomic mass is 10.3. The molecule has 0 amide bonds. The third-order valence-corrected chi connectivity index (χ3v) is 5.91. The van der Waals surface area contributed by atoms with Crippen LogP contribution in [0.25, 0.3) is 0 Å². The molecule has 5 nitrogen and oxygen atoms in total. The van der Waals surface area contributed by atoms with Crippen LogP contribution in [0.3, 0.4) is 0 Å². The number of quaternary nitrogens is 1. The van der Waals surface area contributed by atoms with Crippen molar-refractivity contribution in [3.05, 3.63) is 28.7 Å². The van der Waals surface area contributed by atoms with Gasteiger partial charge < -0.3 is 4.90 Å². The zero-order valence-electron chi connectivity index (χ0n) is 11.0. The van der Waals surface area contributed by atoms with Gasteiger partial charge >= 0.3 is 0 Å². The Morgan fingerprint density at radius 1 is 1.25 bits per heavy atom. The van der Waals surface area contributed by atoms with Crippen LogP contribution in [0.4, 0.5) is 0 Å². The van der Waals surface area contributed by atoms with E-state index >= 15 is 0 Å². The van der Waals surface area contributed by atoms with Gasteiger partial charge in [0.25, 0.3) is 0 Å². The molecule has 20 heavy (non-hydrogen) atoms. The normalized spacial score (nSPS) is 17.8. The third kappa shape index (κ3) is 3.58. The molecule has 0 spiro atoms. The van der Waals surface area contributed by atoms with E-state index in [0.29, 0.717) is 24.4 Å². The second-order valence-corrected chi connectivity index (χ2v) is 7.62. The van der Waals surface area contributed by atoms with Gasteiger partial charge in [0.05, 0.1) is 50.1 Å². The molecule has 0 aliphatic carbocycles. The van der Waals surface area contributed by atoms with Crippen molar-refractivity contribution in [3.63, 3.8) is 0 Å². The Morgan fingerprint density at radius 2 is 1.85 bits per heavy atom. The molecule has 1 fully saturated rings. The summed E-state index contributed by atoms with van der Waals surface area (Å²) in [5.74, 6) is 0. The van der Waals surface area contributed by atoms with Gasteiger partial charge in [0, 0.05) is 4.47 Å². The fourth-order valence-corrected chi connectivity index (χ4v) is 3.99. The van der Waals surface area contributed by atoms with Crippen molar-refractivity contribution in [1.29, 1.82) is 5.26 Å². The Balaban J connectivity index is 2.02. The van der Waals surface area contributed by atoms with Crippen LogP contribution in [0.2, 0.25) is 0 Å². The van der Waals surface area contributed by atoms with Crippen LogP contribution in [0, 0.1) is 11.3 Å². The molecule has 0 aromatic heterocycles. The van der Waals surface area contributed by atoms with Gasteiger partial charge in [0.1, 0.15) is 0 Å². The summed E-state index contributed by atoms with van der Waals surface area (Å²) < 4.78 is 27.3. The lowest BCUT2D eigenvalue weighted by Gasteiger charge is -2.31. The van der Waals surface area contributed by atoms with Gasteiger partial charge in [0.15, 0.2) is 0 Å². The quantitative estimate of drug-likeness (QED) is 0.838. The monoisotopic (exact) mass is 358 g/mol. The molecule has 0 radical (unpaired) electrons. The molecule has 0 bridgehead atoms. The predicted molar refractivity (Wildman–Crippen MR) is 78.7 cm³/mol. The molecular weight excluding hydrogens is 342 g/mol. The van der Waals surface area contributed by atoms with E-state index in [2.05, 4.69) is 22.0 Å². The van der Waals surface area contributed by atoms with Crippen LogP contribution in [0.1, 0.15) is 6.42 Å². The smallest absolute Gasteiger partial charge is 0.243 e. The first-order valence-corrected chi connectivity index (χ1v) is 8.73. The first-order valence-electron chi connectivity index (χ1n) is 6.50. The lowest BCUT2D eigenvalue weighted by Crippen LogP contribution is -3.14. The summed E-state index contributed by atoms with van der Waals surface area (Å²) in [6, 6.07) is 8.84. The van der Waals surface area contributed by atoms with Crippen molar-refractivity contribution >= 4 is 26.0 Å². The number of nitriles is 1. The van der Waals surface area contributed by atoms with Crippen LogP contribution in [0.5, 0.6) is 0 Å². The molecule has 1 N–H and O–H groups in total. The summed E-state index contributed by atoms with van der Waals surface area (Å²) in [5.41, 5.74) is 0. The number of hydrogen-bond donors (Lipinski definition) is 1. The van der Waals surface area contributed by atoms with Crippen LogP contribution in [-0.2, 0) is 10.0 Å². The third-order valence-electron chi connectivity index (χ3n) is 3.47. The van der Waals surface area contributed by atoms with E-state index in [1.807, 2.05) is 0 Å². The Bertz CT molecular complexity index is 587. The summed E-state index contributed by atoms with van der Waals surface area (Å²) in [6.07, 6.45) is 0.523. The average Bonchev–Trinajstić information content (AvgIpc) is 2.46. The van der Waals surface area contributed by atoms with Crippen LogP contribution in [-0.4, -0.2) is 45.4 Å². The first kappa shape index (κ1) is 15.4. The van der Waals surface area contributed by atoms with Crippen molar-refractivity contribution in [2.75, 3.05) is 32.7 Å². The highest BCUT2D eigenvalue weighted by atomic mass is 79.9. The molecule has 1 aliphatic heterocycles. The molecular formula is C13H17BrN3O2S+. The minimum absolute atomic E-state index is 0.334. The van der Waals surface area contributed by atoms with Crippen molar-refractivity contribution in [3.8, 4) is 6.07 Å². The maximum atomic E-state index is 12.5. The molecule has 0 atom stereocenters. The zero-order valence-corrected chi connectivity index (χ0v) is 13.5. The van der Waals surface area contributed by atoms with E-state index in [1.54, 1.807) is 24.3 Å². The predicted octanol–water partition coefficient (Wildman–Crippen LogP) is 0.252. The van der Waals surface area contributed by atoms with Gasteiger partial charge in [0.2, 0.25) is 10.0 Å². The maximum absolute atomic E-state index is 12.5. The molecule has 1 aliphatic rings. The summed E-state index contributed by atoms with van der Waals surface area (Å²) in [6.45, 7) is 3.34. The van der Waals surface area contributed by atoms with Gasteiger partial charge in [-0.1, -0.05) is 15.9 Å². The zero-order chi connectivity index (χ0) is 14.6. The Morgan fingerprint density at radius 3 is 2.40 bits per heavy atom. The van der Waals surface area contributed by atoms with E-state index in [4.69, 9.17) is 5.26 Å². The Hall–Kier alpha value is -0.940. The molecule has 1 heterocycles. The molecule has 0 saturated carbocycles. The van der Waals surface area contributed by atoms with Crippen LogP contribution >= 0.6 is 15.9 Å². The largest absolute Gasteiger partial charge is 0.332 e. The van der Waals surface area contributed by atoms with Crippen molar-refractivity contribution < 1.29 is 13.3 Å². The van der Waals surface area contributed by atoms with E-state index in [1.165, 1.54) is 9.21 Å². The summed E-state index contributed by atoms with van der Waals surface area (Å²) in [4.78, 5) is 1.63. The SMILES string of the molecule is N#CCC[NH+]1CCN(S(=O)(=O)c2ccc(Br)cc2)CC1. The standard InChI is InChI=1S/C13H16BrN3O2S/c14-12-2-4-13(5-3-12)20(18,19)17-10-8-16(9-11-17)7-1-6-15/h2-5H,1,7-11H2/p+1. The number of hydrogen-bond acceptors (Lipinski definition) is 3. The Kier molecular flexibility index (Phi) is 5.16.